The van der Waals surface area contributed by atoms with Gasteiger partial charge in [0, 0.05) is 17.8 Å². The summed E-state index contributed by atoms with van der Waals surface area (Å²) < 4.78 is 13.0. The maximum Gasteiger partial charge on any atom is 0.321 e. The molecule has 0 saturated carbocycles. The van der Waals surface area contributed by atoms with Crippen molar-refractivity contribution in [3.05, 3.63) is 84.6 Å². The molecule has 3 aromatic carbocycles. The lowest BCUT2D eigenvalue weighted by Crippen LogP contribution is -2.37. The van der Waals surface area contributed by atoms with Gasteiger partial charge < -0.3 is 14.4 Å². The van der Waals surface area contributed by atoms with Gasteiger partial charge in [-0.1, -0.05) is 18.2 Å². The number of hydrogen-bond acceptors (Lipinski definition) is 4. The molecule has 1 aliphatic heterocycles. The van der Waals surface area contributed by atoms with Gasteiger partial charge in [-0.25, -0.2) is 4.98 Å². The monoisotopic (exact) mass is 500 g/mol. The van der Waals surface area contributed by atoms with Gasteiger partial charge in [0.1, 0.15) is 23.4 Å². The molecule has 0 bridgehead atoms. The fourth-order valence-corrected chi connectivity index (χ4v) is 5.38. The summed E-state index contributed by atoms with van der Waals surface area (Å²) in [5, 5.41) is 0.891. The molecular formula is C29H30N3O3S+. The summed E-state index contributed by atoms with van der Waals surface area (Å²) in [6.07, 6.45) is 4.08. The van der Waals surface area contributed by atoms with Gasteiger partial charge in [-0.05, 0) is 91.7 Å². The van der Waals surface area contributed by atoms with Crippen LogP contribution in [0, 0.1) is 0 Å². The van der Waals surface area contributed by atoms with E-state index < -0.39 is 0 Å². The van der Waals surface area contributed by atoms with Crippen LogP contribution in [0.1, 0.15) is 18.9 Å². The van der Waals surface area contributed by atoms with Crippen molar-refractivity contribution >= 4 is 23.4 Å². The molecule has 184 valence electrons. The van der Waals surface area contributed by atoms with Gasteiger partial charge >= 0.3 is 5.16 Å². The number of carbonyl (C=O) groups excluding carboxylic acids is 1. The second kappa shape index (κ2) is 10.9. The first-order chi connectivity index (χ1) is 17.7. The summed E-state index contributed by atoms with van der Waals surface area (Å²) >= 11 is 1.52. The van der Waals surface area contributed by atoms with Gasteiger partial charge in [0.15, 0.2) is 5.69 Å². The zero-order chi connectivity index (χ0) is 24.9. The molecule has 1 aromatic heterocycles. The quantitative estimate of drug-likeness (QED) is 0.259. The molecule has 0 spiro atoms. The molecular weight excluding hydrogens is 470 g/mol. The first kappa shape index (κ1) is 24.0. The Labute approximate surface area is 215 Å². The van der Waals surface area contributed by atoms with Crippen LogP contribution in [0.3, 0.4) is 0 Å². The van der Waals surface area contributed by atoms with Crippen molar-refractivity contribution in [2.45, 2.75) is 24.9 Å². The van der Waals surface area contributed by atoms with Gasteiger partial charge in [-0.2, -0.15) is 4.57 Å². The number of amides is 1. The van der Waals surface area contributed by atoms with Gasteiger partial charge in [0.25, 0.3) is 0 Å². The molecule has 1 N–H and O–H groups in total. The molecule has 0 radical (unpaired) electrons. The zero-order valence-electron chi connectivity index (χ0n) is 20.6. The van der Waals surface area contributed by atoms with Gasteiger partial charge in [-0.3, -0.25) is 4.79 Å². The largest absolute Gasteiger partial charge is 0.497 e. The zero-order valence-corrected chi connectivity index (χ0v) is 21.4. The molecule has 6 nitrogen and oxygen atoms in total. The molecule has 0 unspecified atom stereocenters. The van der Waals surface area contributed by atoms with Crippen molar-refractivity contribution in [3.63, 3.8) is 0 Å². The number of rotatable bonds is 8. The maximum atomic E-state index is 13.3. The fraction of sp³-hybridized carbons (Fsp3) is 0.241. The third-order valence-electron chi connectivity index (χ3n) is 6.29. The highest BCUT2D eigenvalue weighted by molar-refractivity contribution is 7.99. The van der Waals surface area contributed by atoms with Crippen LogP contribution in [0.5, 0.6) is 11.5 Å². The Bertz CT molecular complexity index is 1330. The lowest BCUT2D eigenvalue weighted by molar-refractivity contribution is -0.634. The van der Waals surface area contributed by atoms with Gasteiger partial charge in [0.2, 0.25) is 5.91 Å². The lowest BCUT2D eigenvalue weighted by atomic mass is 10.0. The van der Waals surface area contributed by atoms with Crippen LogP contribution in [-0.2, 0) is 11.2 Å². The number of aromatic amines is 1. The highest BCUT2D eigenvalue weighted by atomic mass is 32.2. The van der Waals surface area contributed by atoms with Crippen LogP contribution in [0.2, 0.25) is 0 Å². The van der Waals surface area contributed by atoms with Crippen molar-refractivity contribution < 1.29 is 18.8 Å². The topological polar surface area (TPSA) is 58.4 Å². The number of aromatic nitrogens is 2. The number of thioether (sulfide) groups is 1. The highest BCUT2D eigenvalue weighted by Crippen LogP contribution is 2.29. The molecule has 1 amide bonds. The Morgan fingerprint density at radius 3 is 2.53 bits per heavy atom. The molecule has 0 aliphatic carbocycles. The molecule has 4 aromatic rings. The molecule has 36 heavy (non-hydrogen) atoms. The Hall–Kier alpha value is -3.71. The standard InChI is InChI=1S/C29H29N3O3S/c1-3-35-25-14-10-21(11-15-25)26-19-32(23-12-16-24(34-2)17-13-23)29(30-26)36-20-28(33)31-18-6-8-22-7-4-5-9-27(22)31/h4-5,7,9-17,19H,3,6,8,18,20H2,1-2H3/p+1. The van der Waals surface area contributed by atoms with E-state index in [1.807, 2.05) is 78.6 Å². The molecule has 0 saturated heterocycles. The lowest BCUT2D eigenvalue weighted by Gasteiger charge is -2.29. The van der Waals surface area contributed by atoms with E-state index in [-0.39, 0.29) is 5.91 Å². The third kappa shape index (κ3) is 5.11. The SMILES string of the molecule is CCOc1ccc(-c2c[n+](-c3ccc(OC)cc3)c(SCC(=O)N3CCCc4ccccc43)[nH]2)cc1. The van der Waals surface area contributed by atoms with Crippen molar-refractivity contribution in [2.24, 2.45) is 0 Å². The summed E-state index contributed by atoms with van der Waals surface area (Å²) in [4.78, 5) is 18.8. The van der Waals surface area contributed by atoms with Crippen LogP contribution in [-0.4, -0.2) is 36.9 Å². The predicted octanol–water partition coefficient (Wildman–Crippen LogP) is 5.44. The second-order valence-electron chi connectivity index (χ2n) is 8.56. The number of nitrogens with one attached hydrogen (secondary N) is 1. The number of hydrogen-bond donors (Lipinski definition) is 1. The number of para-hydroxylation sites is 1. The number of nitrogens with zero attached hydrogens (tertiary/aromatic N) is 2. The van der Waals surface area contributed by atoms with Crippen LogP contribution in [0.15, 0.2) is 84.1 Å². The Balaban J connectivity index is 1.41. The Kier molecular flexibility index (Phi) is 7.28. The van der Waals surface area contributed by atoms with E-state index >= 15 is 0 Å². The average molecular weight is 501 g/mol. The van der Waals surface area contributed by atoms with E-state index in [0.29, 0.717) is 12.4 Å². The fourth-order valence-electron chi connectivity index (χ4n) is 4.48. The van der Waals surface area contributed by atoms with E-state index in [1.54, 1.807) is 7.11 Å². The minimum Gasteiger partial charge on any atom is -0.497 e. The number of benzene rings is 3. The molecule has 2 heterocycles. The van der Waals surface area contributed by atoms with Crippen molar-refractivity contribution in [1.82, 2.24) is 4.98 Å². The number of H-pyrrole nitrogens is 1. The molecule has 5 rings (SSSR count). The Morgan fingerprint density at radius 2 is 1.78 bits per heavy atom. The van der Waals surface area contributed by atoms with E-state index in [9.17, 15) is 4.79 Å². The Morgan fingerprint density at radius 1 is 1.03 bits per heavy atom. The summed E-state index contributed by atoms with van der Waals surface area (Å²) in [5.74, 6) is 2.10. The number of methoxy groups -OCH3 is 1. The van der Waals surface area contributed by atoms with Crippen LogP contribution in [0.25, 0.3) is 16.9 Å². The van der Waals surface area contributed by atoms with Crippen LogP contribution in [0.4, 0.5) is 5.69 Å². The van der Waals surface area contributed by atoms with Crippen molar-refractivity contribution in [3.8, 4) is 28.4 Å². The summed E-state index contributed by atoms with van der Waals surface area (Å²) in [5.41, 5.74) is 5.28. The number of aryl methyl sites for hydroxylation is 1. The minimum atomic E-state index is 0.116. The van der Waals surface area contributed by atoms with Crippen LogP contribution < -0.4 is 18.9 Å². The van der Waals surface area contributed by atoms with E-state index in [4.69, 9.17) is 9.47 Å². The first-order valence-electron chi connectivity index (χ1n) is 12.2. The van der Waals surface area contributed by atoms with E-state index in [2.05, 4.69) is 21.8 Å². The highest BCUT2D eigenvalue weighted by Gasteiger charge is 2.25. The smallest absolute Gasteiger partial charge is 0.321 e. The number of anilines is 1. The van der Waals surface area contributed by atoms with Crippen molar-refractivity contribution in [1.29, 1.82) is 0 Å². The predicted molar refractivity (Wildman–Crippen MR) is 143 cm³/mol. The number of imidazole rings is 1. The third-order valence-corrected chi connectivity index (χ3v) is 7.25. The number of carbonyl (C=O) groups is 1. The minimum absolute atomic E-state index is 0.116. The number of ether oxygens (including phenoxy) is 2. The number of fused-ring (bicyclic) bond motifs is 1. The molecule has 0 fully saturated rings. The van der Waals surface area contributed by atoms with Crippen LogP contribution >= 0.6 is 11.8 Å². The van der Waals surface area contributed by atoms with Gasteiger partial charge in [0.05, 0.1) is 19.5 Å². The summed E-state index contributed by atoms with van der Waals surface area (Å²) in [6, 6.07) is 24.2. The molecule has 1 aliphatic rings. The van der Waals surface area contributed by atoms with Crippen molar-refractivity contribution in [2.75, 3.05) is 30.9 Å². The first-order valence-corrected chi connectivity index (χ1v) is 13.2. The van der Waals surface area contributed by atoms with E-state index in [1.165, 1.54) is 17.3 Å². The van der Waals surface area contributed by atoms with E-state index in [0.717, 1.165) is 58.7 Å². The molecule has 0 atom stereocenters. The van der Waals surface area contributed by atoms with Gasteiger partial charge in [-0.15, -0.1) is 0 Å². The summed E-state index contributed by atoms with van der Waals surface area (Å²) in [6.45, 7) is 3.37. The maximum absolute atomic E-state index is 13.3. The molecule has 7 heteroatoms. The second-order valence-corrected chi connectivity index (χ2v) is 9.53. The normalized spacial score (nSPS) is 12.8. The average Bonchev–Trinajstić information content (AvgIpc) is 3.36. The summed E-state index contributed by atoms with van der Waals surface area (Å²) in [7, 11) is 1.66.